The second-order valence-electron chi connectivity index (χ2n) is 15.7. The monoisotopic (exact) mass is 836 g/mol. The minimum absolute atomic E-state index is 0.0427. The fourth-order valence-corrected chi connectivity index (χ4v) is 7.54. The Kier molecular flexibility index (Phi) is 40.9. The molecule has 336 valence electrons. The minimum atomic E-state index is -1.16. The molecule has 0 saturated heterocycles. The van der Waals surface area contributed by atoms with Gasteiger partial charge in [-0.3, -0.25) is 14.4 Å². The number of unbranched alkanes of at least 4 members (excludes halogenated alkanes) is 21. The third-order valence-electron chi connectivity index (χ3n) is 10.1. The van der Waals surface area contributed by atoms with Crippen LogP contribution in [0.5, 0.6) is 0 Å². The van der Waals surface area contributed by atoms with Crippen LogP contribution < -0.4 is 5.73 Å². The Balaban J connectivity index is 4.17. The molecule has 0 amide bonds. The van der Waals surface area contributed by atoms with E-state index in [0.29, 0.717) is 12.8 Å². The molecule has 0 aliphatic rings. The Bertz CT molecular complexity index is 1090. The van der Waals surface area contributed by atoms with E-state index in [0.717, 1.165) is 32.1 Å². The van der Waals surface area contributed by atoms with E-state index in [4.69, 9.17) is 20.3 Å². The summed E-state index contributed by atoms with van der Waals surface area (Å²) in [5.74, 6) is -1.86. The Hall–Kier alpha value is -2.40. The van der Waals surface area contributed by atoms with E-state index >= 15 is 0 Å². The van der Waals surface area contributed by atoms with Crippen LogP contribution >= 0.6 is 11.8 Å². The fourth-order valence-electron chi connectivity index (χ4n) is 6.41. The van der Waals surface area contributed by atoms with Gasteiger partial charge in [-0.05, 0) is 38.5 Å². The summed E-state index contributed by atoms with van der Waals surface area (Å²) in [6, 6.07) is -1.01. The van der Waals surface area contributed by atoms with Crippen molar-refractivity contribution in [1.82, 2.24) is 0 Å². The smallest absolute Gasteiger partial charge is 0.323 e. The van der Waals surface area contributed by atoms with E-state index in [9.17, 15) is 24.6 Å². The zero-order chi connectivity index (χ0) is 42.7. The van der Waals surface area contributed by atoms with Gasteiger partial charge in [-0.1, -0.05) is 191 Å². The lowest BCUT2D eigenvalue weighted by Crippen LogP contribution is -2.38. The highest BCUT2D eigenvalue weighted by Crippen LogP contribution is 2.22. The zero-order valence-corrected chi connectivity index (χ0v) is 37.5. The van der Waals surface area contributed by atoms with Crippen molar-refractivity contribution in [2.45, 2.75) is 217 Å². The number of thioether (sulfide) groups is 1. The van der Waals surface area contributed by atoms with E-state index in [-0.39, 0.29) is 37.8 Å². The van der Waals surface area contributed by atoms with Gasteiger partial charge in [0.05, 0.1) is 6.10 Å². The number of carbonyl (C=O) groups excluding carboxylic acids is 2. The highest BCUT2D eigenvalue weighted by Gasteiger charge is 2.23. The normalized spacial score (nSPS) is 14.2. The van der Waals surface area contributed by atoms with Crippen molar-refractivity contribution in [3.8, 4) is 0 Å². The summed E-state index contributed by atoms with van der Waals surface area (Å²) in [4.78, 5) is 35.6. The molecule has 0 spiro atoms. The molecule has 0 heterocycles. The van der Waals surface area contributed by atoms with E-state index < -0.39 is 35.4 Å². The topological polar surface area (TPSA) is 156 Å². The van der Waals surface area contributed by atoms with Crippen LogP contribution in [0.2, 0.25) is 0 Å². The lowest BCUT2D eigenvalue weighted by Gasteiger charge is -2.21. The summed E-state index contributed by atoms with van der Waals surface area (Å²) in [5.41, 5.74) is 6.07. The number of esters is 2. The quantitative estimate of drug-likeness (QED) is 0.0202. The number of hydrogen-bond donors (Lipinski definition) is 4. The zero-order valence-electron chi connectivity index (χ0n) is 36.7. The Morgan fingerprint density at radius 3 is 1.69 bits per heavy atom. The van der Waals surface area contributed by atoms with E-state index in [1.165, 1.54) is 134 Å². The lowest BCUT2D eigenvalue weighted by molar-refractivity contribution is -0.153. The molecule has 0 aromatic rings. The molecule has 5 N–H and O–H groups in total. The number of aliphatic hydroxyl groups is 2. The maximum Gasteiger partial charge on any atom is 0.323 e. The van der Waals surface area contributed by atoms with Crippen LogP contribution in [0.3, 0.4) is 0 Å². The molecular formula is C48H85NO8S. The number of carbonyl (C=O) groups is 3. The van der Waals surface area contributed by atoms with Crippen molar-refractivity contribution in [1.29, 1.82) is 0 Å². The predicted molar refractivity (Wildman–Crippen MR) is 243 cm³/mol. The van der Waals surface area contributed by atoms with Crippen molar-refractivity contribution in [3.63, 3.8) is 0 Å². The summed E-state index contributed by atoms with van der Waals surface area (Å²) in [6.07, 6.45) is 44.8. The largest absolute Gasteiger partial charge is 0.481 e. The molecule has 58 heavy (non-hydrogen) atoms. The van der Waals surface area contributed by atoms with E-state index in [2.05, 4.69) is 32.1 Å². The number of allylic oxidation sites excluding steroid dienone is 7. The van der Waals surface area contributed by atoms with Crippen molar-refractivity contribution in [2.24, 2.45) is 5.73 Å². The molecule has 0 radical (unpaired) electrons. The van der Waals surface area contributed by atoms with Crippen LogP contribution in [0, 0.1) is 0 Å². The number of hydrogen-bond acceptors (Lipinski definition) is 9. The first-order valence-corrected chi connectivity index (χ1v) is 24.2. The van der Waals surface area contributed by atoms with Crippen molar-refractivity contribution in [3.05, 3.63) is 48.6 Å². The maximum absolute atomic E-state index is 12.5. The first kappa shape index (κ1) is 55.6. The molecule has 4 atom stereocenters. The summed E-state index contributed by atoms with van der Waals surface area (Å²) < 4.78 is 10.4. The van der Waals surface area contributed by atoms with Crippen molar-refractivity contribution in [2.75, 3.05) is 19.0 Å². The van der Waals surface area contributed by atoms with Crippen molar-refractivity contribution < 1.29 is 39.2 Å². The van der Waals surface area contributed by atoms with E-state index in [1.54, 1.807) is 0 Å². The molecule has 0 aromatic heterocycles. The molecule has 0 bridgehead atoms. The molecule has 0 unspecified atom stereocenters. The molecule has 0 saturated carbocycles. The molecular weight excluding hydrogens is 751 g/mol. The average Bonchev–Trinajstić information content (AvgIpc) is 3.21. The summed E-state index contributed by atoms with van der Waals surface area (Å²) in [5, 5.41) is 29.5. The minimum Gasteiger partial charge on any atom is -0.481 e. The molecule has 10 heteroatoms. The van der Waals surface area contributed by atoms with Crippen molar-refractivity contribution >= 4 is 29.7 Å². The Labute approximate surface area is 358 Å². The van der Waals surface area contributed by atoms with Gasteiger partial charge in [-0.25, -0.2) is 0 Å². The highest BCUT2D eigenvalue weighted by atomic mass is 32.2. The third kappa shape index (κ3) is 39.1. The number of aliphatic carboxylic acids is 1. The lowest BCUT2D eigenvalue weighted by atomic mass is 10.0. The second-order valence-corrected chi connectivity index (χ2v) is 17.0. The molecule has 0 fully saturated rings. The van der Waals surface area contributed by atoms with Gasteiger partial charge in [0, 0.05) is 23.8 Å². The molecule has 0 rings (SSSR count). The molecule has 0 aromatic carbocycles. The number of aliphatic hydroxyl groups excluding tert-OH is 2. The van der Waals surface area contributed by atoms with Gasteiger partial charge < -0.3 is 30.5 Å². The van der Waals surface area contributed by atoms with Crippen LogP contribution in [-0.2, 0) is 23.9 Å². The van der Waals surface area contributed by atoms with Crippen LogP contribution in [0.1, 0.15) is 194 Å². The Morgan fingerprint density at radius 1 is 0.603 bits per heavy atom. The number of nitrogens with two attached hydrogens (primary N) is 1. The standard InChI is InChI=1S/C48H85NO8S/c1-3-5-7-9-11-13-15-17-18-19-20-21-22-23-25-27-29-31-33-38-47(54)56-39-42(50)40-57-48(55)43(49)41-58-45(44(51)35-34-37-46(52)53)36-32-30-28-26-24-16-14-12-10-8-6-4-2/h12,14,24,26,28,30,32,36,42-45,50-51H,3-11,13,15-23,25,27,29,31,33-35,37-41,49H2,1-2H3,(H,52,53)/b14-12-,26-24-,30-28+,36-32+/t42-,43-,44-,45+/m0/s1. The van der Waals surface area contributed by atoms with Gasteiger partial charge in [-0.15, -0.1) is 11.8 Å². The van der Waals surface area contributed by atoms with Crippen LogP contribution in [0.4, 0.5) is 0 Å². The van der Waals surface area contributed by atoms with Crippen LogP contribution in [0.15, 0.2) is 48.6 Å². The van der Waals surface area contributed by atoms with Crippen LogP contribution in [-0.4, -0.2) is 75.7 Å². The van der Waals surface area contributed by atoms with Gasteiger partial charge in [0.15, 0.2) is 0 Å². The van der Waals surface area contributed by atoms with Gasteiger partial charge >= 0.3 is 17.9 Å². The second kappa shape index (κ2) is 42.7. The number of rotatable bonds is 42. The summed E-state index contributed by atoms with van der Waals surface area (Å²) >= 11 is 1.28. The first-order chi connectivity index (χ1) is 28.2. The fraction of sp³-hybridized carbons (Fsp3) is 0.771. The predicted octanol–water partition coefficient (Wildman–Crippen LogP) is 11.5. The SMILES string of the molecule is CCCCC/C=C\C\C=C/C=C/C=C/[C@@H](SC[C@H](N)C(=O)OC[C@@H](O)COC(=O)CCCCCCCCCCCCCCCCCCCCC)[C@@H](O)CCCC(=O)O. The molecule has 0 aliphatic heterocycles. The maximum atomic E-state index is 12.5. The summed E-state index contributed by atoms with van der Waals surface area (Å²) in [6.45, 7) is 3.86. The van der Waals surface area contributed by atoms with E-state index in [1.807, 2.05) is 30.4 Å². The highest BCUT2D eigenvalue weighted by molar-refractivity contribution is 8.00. The number of carboxylic acids is 1. The number of carboxylic acid groups (broad SMARTS) is 1. The molecule has 9 nitrogen and oxygen atoms in total. The number of ether oxygens (including phenoxy) is 2. The molecule has 0 aliphatic carbocycles. The van der Waals surface area contributed by atoms with Gasteiger partial charge in [-0.2, -0.15) is 0 Å². The average molecular weight is 836 g/mol. The third-order valence-corrected chi connectivity index (χ3v) is 11.5. The summed E-state index contributed by atoms with van der Waals surface area (Å²) in [7, 11) is 0. The van der Waals surface area contributed by atoms with Gasteiger partial charge in [0.1, 0.15) is 25.4 Å². The van der Waals surface area contributed by atoms with Crippen LogP contribution in [0.25, 0.3) is 0 Å². The van der Waals surface area contributed by atoms with Gasteiger partial charge in [0.2, 0.25) is 0 Å². The Morgan fingerprint density at radius 2 is 1.12 bits per heavy atom. The van der Waals surface area contributed by atoms with Gasteiger partial charge in [0.25, 0.3) is 0 Å². The first-order valence-electron chi connectivity index (χ1n) is 23.1.